The lowest BCUT2D eigenvalue weighted by atomic mass is 10.3. The van der Waals surface area contributed by atoms with Crippen molar-refractivity contribution in [1.29, 1.82) is 0 Å². The number of aromatic nitrogens is 2. The van der Waals surface area contributed by atoms with Crippen LogP contribution in [-0.2, 0) is 4.74 Å². The SMILES string of the molecule is COC(=O)c1ccc(=O)n(-c2ccccc2O)n1. The summed E-state index contributed by atoms with van der Waals surface area (Å²) in [6.45, 7) is 0. The molecule has 6 heteroatoms. The molecule has 6 nitrogen and oxygen atoms in total. The third kappa shape index (κ3) is 2.08. The van der Waals surface area contributed by atoms with E-state index in [1.807, 2.05) is 0 Å². The molecule has 1 aromatic heterocycles. The van der Waals surface area contributed by atoms with E-state index in [0.29, 0.717) is 0 Å². The standard InChI is InChI=1S/C12H10N2O4/c1-18-12(17)8-6-7-11(16)14(13-8)9-4-2-3-5-10(9)15/h2-7,15H,1H3. The average molecular weight is 246 g/mol. The summed E-state index contributed by atoms with van der Waals surface area (Å²) in [7, 11) is 1.22. The number of ether oxygens (including phenoxy) is 1. The molecule has 1 aromatic carbocycles. The molecule has 0 saturated carbocycles. The lowest BCUT2D eigenvalue weighted by molar-refractivity contribution is 0.0591. The minimum atomic E-state index is -0.654. The van der Waals surface area contributed by atoms with Crippen LogP contribution in [0.15, 0.2) is 41.2 Å². The second kappa shape index (κ2) is 4.70. The molecule has 2 aromatic rings. The summed E-state index contributed by atoms with van der Waals surface area (Å²) in [4.78, 5) is 23.0. The molecule has 0 fully saturated rings. The van der Waals surface area contributed by atoms with Gasteiger partial charge in [-0.3, -0.25) is 4.79 Å². The van der Waals surface area contributed by atoms with Crippen molar-refractivity contribution in [2.45, 2.75) is 0 Å². The first-order chi connectivity index (χ1) is 8.63. The molecule has 18 heavy (non-hydrogen) atoms. The number of benzene rings is 1. The van der Waals surface area contributed by atoms with Crippen molar-refractivity contribution in [3.8, 4) is 11.4 Å². The van der Waals surface area contributed by atoms with Gasteiger partial charge in [-0.25, -0.2) is 4.79 Å². The Hall–Kier alpha value is -2.63. The van der Waals surface area contributed by atoms with Crippen LogP contribution in [0.3, 0.4) is 0 Å². The second-order valence-electron chi connectivity index (χ2n) is 3.45. The number of methoxy groups -OCH3 is 1. The van der Waals surface area contributed by atoms with Crippen molar-refractivity contribution in [2.75, 3.05) is 7.11 Å². The van der Waals surface area contributed by atoms with Gasteiger partial charge in [-0.15, -0.1) is 0 Å². The van der Waals surface area contributed by atoms with Crippen molar-refractivity contribution in [3.63, 3.8) is 0 Å². The predicted octanol–water partition coefficient (Wildman–Crippen LogP) is 0.725. The molecule has 0 atom stereocenters. The highest BCUT2D eigenvalue weighted by atomic mass is 16.5. The van der Waals surface area contributed by atoms with Crippen LogP contribution in [-0.4, -0.2) is 28.0 Å². The van der Waals surface area contributed by atoms with Gasteiger partial charge < -0.3 is 9.84 Å². The molecule has 0 aliphatic rings. The number of rotatable bonds is 2. The lowest BCUT2D eigenvalue weighted by Crippen LogP contribution is -2.23. The van der Waals surface area contributed by atoms with E-state index in [1.165, 1.54) is 31.4 Å². The Labute approximate surface area is 102 Å². The van der Waals surface area contributed by atoms with E-state index in [4.69, 9.17) is 0 Å². The van der Waals surface area contributed by atoms with E-state index in [-0.39, 0.29) is 17.1 Å². The molecule has 0 aliphatic heterocycles. The van der Waals surface area contributed by atoms with Gasteiger partial charge in [0.25, 0.3) is 5.56 Å². The van der Waals surface area contributed by atoms with Crippen LogP contribution < -0.4 is 5.56 Å². The number of hydrogen-bond donors (Lipinski definition) is 1. The van der Waals surface area contributed by atoms with Crippen LogP contribution in [0.2, 0.25) is 0 Å². The first kappa shape index (κ1) is 11.8. The molecule has 0 aliphatic carbocycles. The number of carbonyl (C=O) groups excluding carboxylic acids is 1. The van der Waals surface area contributed by atoms with E-state index in [2.05, 4.69) is 9.84 Å². The van der Waals surface area contributed by atoms with Gasteiger partial charge in [0.15, 0.2) is 5.69 Å². The maximum Gasteiger partial charge on any atom is 0.358 e. The van der Waals surface area contributed by atoms with Gasteiger partial charge >= 0.3 is 5.97 Å². The Morgan fingerprint density at radius 1 is 1.28 bits per heavy atom. The van der Waals surface area contributed by atoms with Crippen molar-refractivity contribution >= 4 is 5.97 Å². The summed E-state index contributed by atoms with van der Waals surface area (Å²) in [6.07, 6.45) is 0. The maximum atomic E-state index is 11.7. The Morgan fingerprint density at radius 2 is 2.00 bits per heavy atom. The minimum Gasteiger partial charge on any atom is -0.506 e. The fourth-order valence-corrected chi connectivity index (χ4v) is 1.44. The zero-order chi connectivity index (χ0) is 13.1. The largest absolute Gasteiger partial charge is 0.506 e. The van der Waals surface area contributed by atoms with Gasteiger partial charge in [-0.1, -0.05) is 12.1 Å². The Bertz CT molecular complexity index is 649. The monoisotopic (exact) mass is 246 g/mol. The maximum absolute atomic E-state index is 11.7. The van der Waals surface area contributed by atoms with E-state index >= 15 is 0 Å². The van der Waals surface area contributed by atoms with Crippen LogP contribution in [0.25, 0.3) is 5.69 Å². The van der Waals surface area contributed by atoms with E-state index in [1.54, 1.807) is 12.1 Å². The van der Waals surface area contributed by atoms with E-state index < -0.39 is 11.5 Å². The highest BCUT2D eigenvalue weighted by Crippen LogP contribution is 2.17. The number of phenols is 1. The molecular weight excluding hydrogens is 236 g/mol. The Kier molecular flexibility index (Phi) is 3.09. The predicted molar refractivity (Wildman–Crippen MR) is 62.8 cm³/mol. The lowest BCUT2D eigenvalue weighted by Gasteiger charge is -2.07. The van der Waals surface area contributed by atoms with Crippen LogP contribution in [0, 0.1) is 0 Å². The fourth-order valence-electron chi connectivity index (χ4n) is 1.44. The Morgan fingerprint density at radius 3 is 2.67 bits per heavy atom. The van der Waals surface area contributed by atoms with Crippen LogP contribution in [0.1, 0.15) is 10.5 Å². The van der Waals surface area contributed by atoms with Crippen LogP contribution in [0.5, 0.6) is 5.75 Å². The minimum absolute atomic E-state index is 0.0136. The van der Waals surface area contributed by atoms with Crippen LogP contribution >= 0.6 is 0 Å². The Balaban J connectivity index is 2.61. The van der Waals surface area contributed by atoms with Gasteiger partial charge in [0.2, 0.25) is 0 Å². The molecule has 1 N–H and O–H groups in total. The van der Waals surface area contributed by atoms with Crippen molar-refractivity contribution in [3.05, 3.63) is 52.4 Å². The van der Waals surface area contributed by atoms with Gasteiger partial charge in [0.1, 0.15) is 11.4 Å². The molecular formula is C12H10N2O4. The average Bonchev–Trinajstić information content (AvgIpc) is 2.39. The first-order valence-electron chi connectivity index (χ1n) is 5.10. The molecule has 0 unspecified atom stereocenters. The summed E-state index contributed by atoms with van der Waals surface area (Å²) in [5.74, 6) is -0.756. The molecule has 2 rings (SSSR count). The topological polar surface area (TPSA) is 81.4 Å². The molecule has 0 spiro atoms. The zero-order valence-electron chi connectivity index (χ0n) is 9.53. The molecule has 92 valence electrons. The normalized spacial score (nSPS) is 10.1. The fraction of sp³-hybridized carbons (Fsp3) is 0.0833. The number of aromatic hydroxyl groups is 1. The van der Waals surface area contributed by atoms with Gasteiger partial charge in [0, 0.05) is 6.07 Å². The van der Waals surface area contributed by atoms with Crippen molar-refractivity contribution in [1.82, 2.24) is 9.78 Å². The van der Waals surface area contributed by atoms with Crippen molar-refractivity contribution in [2.24, 2.45) is 0 Å². The third-order valence-electron chi connectivity index (χ3n) is 2.30. The third-order valence-corrected chi connectivity index (χ3v) is 2.30. The summed E-state index contributed by atoms with van der Waals surface area (Å²) >= 11 is 0. The smallest absolute Gasteiger partial charge is 0.358 e. The highest BCUT2D eigenvalue weighted by Gasteiger charge is 2.12. The number of nitrogens with zero attached hydrogens (tertiary/aromatic N) is 2. The van der Waals surface area contributed by atoms with Gasteiger partial charge in [-0.2, -0.15) is 9.78 Å². The van der Waals surface area contributed by atoms with Gasteiger partial charge in [0.05, 0.1) is 7.11 Å². The van der Waals surface area contributed by atoms with E-state index in [9.17, 15) is 14.7 Å². The number of hydrogen-bond acceptors (Lipinski definition) is 5. The molecule has 0 amide bonds. The quantitative estimate of drug-likeness (QED) is 0.790. The van der Waals surface area contributed by atoms with E-state index in [0.717, 1.165) is 4.68 Å². The highest BCUT2D eigenvalue weighted by molar-refractivity contribution is 5.86. The first-order valence-corrected chi connectivity index (χ1v) is 5.10. The number of esters is 1. The summed E-state index contributed by atoms with van der Waals surface area (Å²) in [6, 6.07) is 8.66. The summed E-state index contributed by atoms with van der Waals surface area (Å²) in [5, 5.41) is 13.5. The van der Waals surface area contributed by atoms with Crippen molar-refractivity contribution < 1.29 is 14.6 Å². The van der Waals surface area contributed by atoms with Gasteiger partial charge in [-0.05, 0) is 18.2 Å². The number of para-hydroxylation sites is 2. The second-order valence-corrected chi connectivity index (χ2v) is 3.45. The molecule has 0 radical (unpaired) electrons. The van der Waals surface area contributed by atoms with Crippen LogP contribution in [0.4, 0.5) is 0 Å². The summed E-state index contributed by atoms with van der Waals surface area (Å²) < 4.78 is 5.46. The molecule has 0 saturated heterocycles. The number of phenolic OH excluding ortho intramolecular Hbond substituents is 1. The number of carbonyl (C=O) groups is 1. The zero-order valence-corrected chi connectivity index (χ0v) is 9.53. The molecule has 0 bridgehead atoms. The molecule has 1 heterocycles. The summed E-state index contributed by atoms with van der Waals surface area (Å²) in [5.41, 5.74) is -0.266.